The molecular weight excluding hydrogens is 282 g/mol. The SMILES string of the molecule is Cc1ccc(OC(C)C(=O)N(C)Cc2sccc2C)cc1. The number of rotatable bonds is 5. The predicted molar refractivity (Wildman–Crippen MR) is 86.8 cm³/mol. The number of benzene rings is 1. The van der Waals surface area contributed by atoms with Crippen LogP contribution in [0.15, 0.2) is 35.7 Å². The zero-order valence-electron chi connectivity index (χ0n) is 12.9. The van der Waals surface area contributed by atoms with Gasteiger partial charge in [-0.1, -0.05) is 17.7 Å². The van der Waals surface area contributed by atoms with E-state index in [0.29, 0.717) is 6.54 Å². The van der Waals surface area contributed by atoms with Gasteiger partial charge >= 0.3 is 0 Å². The Kier molecular flexibility index (Phi) is 5.02. The number of thiophene rings is 1. The molecule has 2 rings (SSSR count). The molecule has 1 aromatic carbocycles. The molecular formula is C17H21NO2S. The lowest BCUT2D eigenvalue weighted by atomic mass is 10.2. The van der Waals surface area contributed by atoms with Gasteiger partial charge in [-0.15, -0.1) is 11.3 Å². The van der Waals surface area contributed by atoms with Crippen molar-refractivity contribution in [2.24, 2.45) is 0 Å². The van der Waals surface area contributed by atoms with Crippen LogP contribution in [0.2, 0.25) is 0 Å². The summed E-state index contributed by atoms with van der Waals surface area (Å²) in [5, 5.41) is 2.05. The highest BCUT2D eigenvalue weighted by Gasteiger charge is 2.20. The van der Waals surface area contributed by atoms with Crippen LogP contribution in [-0.2, 0) is 11.3 Å². The maximum atomic E-state index is 12.4. The Morgan fingerprint density at radius 2 is 1.90 bits per heavy atom. The fourth-order valence-electron chi connectivity index (χ4n) is 2.04. The van der Waals surface area contributed by atoms with E-state index < -0.39 is 6.10 Å². The van der Waals surface area contributed by atoms with Gasteiger partial charge < -0.3 is 9.64 Å². The van der Waals surface area contributed by atoms with E-state index in [4.69, 9.17) is 4.74 Å². The molecule has 21 heavy (non-hydrogen) atoms. The lowest BCUT2D eigenvalue weighted by molar-refractivity contribution is -0.137. The first-order chi connectivity index (χ1) is 9.97. The van der Waals surface area contributed by atoms with Crippen LogP contribution in [0.25, 0.3) is 0 Å². The first kappa shape index (κ1) is 15.6. The van der Waals surface area contributed by atoms with Crippen molar-refractivity contribution in [3.05, 3.63) is 51.7 Å². The van der Waals surface area contributed by atoms with E-state index in [2.05, 4.69) is 18.4 Å². The Morgan fingerprint density at radius 3 is 2.48 bits per heavy atom. The highest BCUT2D eigenvalue weighted by atomic mass is 32.1. The summed E-state index contributed by atoms with van der Waals surface area (Å²) in [6.45, 7) is 6.51. The molecule has 112 valence electrons. The second kappa shape index (κ2) is 6.76. The molecule has 1 unspecified atom stereocenters. The van der Waals surface area contributed by atoms with Gasteiger partial charge in [0.1, 0.15) is 5.75 Å². The van der Waals surface area contributed by atoms with Crippen LogP contribution < -0.4 is 4.74 Å². The van der Waals surface area contributed by atoms with Crippen LogP contribution in [0.3, 0.4) is 0 Å². The smallest absolute Gasteiger partial charge is 0.263 e. The summed E-state index contributed by atoms with van der Waals surface area (Å²) in [4.78, 5) is 15.3. The number of carbonyl (C=O) groups is 1. The van der Waals surface area contributed by atoms with Gasteiger partial charge in [-0.25, -0.2) is 0 Å². The summed E-state index contributed by atoms with van der Waals surface area (Å²) < 4.78 is 5.71. The lowest BCUT2D eigenvalue weighted by Crippen LogP contribution is -2.37. The second-order valence-electron chi connectivity index (χ2n) is 5.29. The van der Waals surface area contributed by atoms with E-state index >= 15 is 0 Å². The standard InChI is InChI=1S/C17H21NO2S/c1-12-5-7-15(8-6-12)20-14(3)17(19)18(4)11-16-13(2)9-10-21-16/h5-10,14H,11H2,1-4H3. The summed E-state index contributed by atoms with van der Waals surface area (Å²) in [5.41, 5.74) is 2.40. The number of carbonyl (C=O) groups excluding carboxylic acids is 1. The van der Waals surface area contributed by atoms with Gasteiger partial charge in [0.05, 0.1) is 6.54 Å². The van der Waals surface area contributed by atoms with Gasteiger partial charge in [-0.05, 0) is 49.9 Å². The third-order valence-electron chi connectivity index (χ3n) is 3.41. The lowest BCUT2D eigenvalue weighted by Gasteiger charge is -2.22. The Labute approximate surface area is 130 Å². The van der Waals surface area contributed by atoms with Crippen LogP contribution in [-0.4, -0.2) is 24.0 Å². The van der Waals surface area contributed by atoms with Gasteiger partial charge in [-0.2, -0.15) is 0 Å². The Bertz CT molecular complexity index is 604. The normalized spacial score (nSPS) is 12.0. The van der Waals surface area contributed by atoms with Crippen molar-refractivity contribution >= 4 is 17.2 Å². The molecule has 0 aliphatic heterocycles. The molecule has 0 radical (unpaired) electrons. The predicted octanol–water partition coefficient (Wildman–Crippen LogP) is 3.79. The number of likely N-dealkylation sites (N-methyl/N-ethyl adjacent to an activating group) is 1. The van der Waals surface area contributed by atoms with Gasteiger partial charge in [0.15, 0.2) is 6.10 Å². The van der Waals surface area contributed by atoms with E-state index in [-0.39, 0.29) is 5.91 Å². The number of nitrogens with zero attached hydrogens (tertiary/aromatic N) is 1. The number of aryl methyl sites for hydroxylation is 2. The van der Waals surface area contributed by atoms with Crippen molar-refractivity contribution in [2.45, 2.75) is 33.4 Å². The minimum Gasteiger partial charge on any atom is -0.481 e. The quantitative estimate of drug-likeness (QED) is 0.841. The summed E-state index contributed by atoms with van der Waals surface area (Å²) in [5.74, 6) is 0.713. The summed E-state index contributed by atoms with van der Waals surface area (Å²) >= 11 is 1.68. The summed E-state index contributed by atoms with van der Waals surface area (Å²) in [6, 6.07) is 9.81. The fourth-order valence-corrected chi connectivity index (χ4v) is 3.00. The molecule has 0 aliphatic rings. The van der Waals surface area contributed by atoms with Crippen LogP contribution in [0.5, 0.6) is 5.75 Å². The van der Waals surface area contributed by atoms with E-state index in [1.165, 1.54) is 16.0 Å². The third kappa shape index (κ3) is 4.08. The maximum Gasteiger partial charge on any atom is 0.263 e. The fraction of sp³-hybridized carbons (Fsp3) is 0.353. The summed E-state index contributed by atoms with van der Waals surface area (Å²) in [6.07, 6.45) is -0.488. The molecule has 1 heterocycles. The van der Waals surface area contributed by atoms with Gasteiger partial charge in [-0.3, -0.25) is 4.79 Å². The van der Waals surface area contributed by atoms with Crippen molar-refractivity contribution in [1.82, 2.24) is 4.90 Å². The summed E-state index contributed by atoms with van der Waals surface area (Å²) in [7, 11) is 1.82. The second-order valence-corrected chi connectivity index (χ2v) is 6.29. The number of hydrogen-bond acceptors (Lipinski definition) is 3. The molecule has 0 N–H and O–H groups in total. The van der Waals surface area contributed by atoms with Gasteiger partial charge in [0, 0.05) is 11.9 Å². The van der Waals surface area contributed by atoms with Crippen LogP contribution >= 0.6 is 11.3 Å². The molecule has 0 spiro atoms. The molecule has 2 aromatic rings. The topological polar surface area (TPSA) is 29.5 Å². The molecule has 1 atom stereocenters. The largest absolute Gasteiger partial charge is 0.481 e. The van der Waals surface area contributed by atoms with Crippen molar-refractivity contribution in [3.8, 4) is 5.75 Å². The first-order valence-electron chi connectivity index (χ1n) is 6.98. The Balaban J connectivity index is 1.95. The average Bonchev–Trinajstić information content (AvgIpc) is 2.86. The molecule has 3 nitrogen and oxygen atoms in total. The maximum absolute atomic E-state index is 12.4. The Morgan fingerprint density at radius 1 is 1.24 bits per heavy atom. The van der Waals surface area contributed by atoms with E-state index in [0.717, 1.165) is 5.75 Å². The molecule has 0 fully saturated rings. The van der Waals surface area contributed by atoms with Crippen molar-refractivity contribution in [3.63, 3.8) is 0 Å². The highest BCUT2D eigenvalue weighted by molar-refractivity contribution is 7.10. The van der Waals surface area contributed by atoms with Gasteiger partial charge in [0.25, 0.3) is 5.91 Å². The van der Waals surface area contributed by atoms with Gasteiger partial charge in [0.2, 0.25) is 0 Å². The molecule has 0 saturated carbocycles. The van der Waals surface area contributed by atoms with Crippen LogP contribution in [0, 0.1) is 13.8 Å². The monoisotopic (exact) mass is 303 g/mol. The molecule has 1 aromatic heterocycles. The van der Waals surface area contributed by atoms with Crippen LogP contribution in [0.4, 0.5) is 0 Å². The van der Waals surface area contributed by atoms with Crippen molar-refractivity contribution in [2.75, 3.05) is 7.05 Å². The van der Waals surface area contributed by atoms with Crippen molar-refractivity contribution < 1.29 is 9.53 Å². The number of hydrogen-bond donors (Lipinski definition) is 0. The molecule has 0 aliphatic carbocycles. The molecule has 4 heteroatoms. The van der Waals surface area contributed by atoms with E-state index in [1.807, 2.05) is 38.2 Å². The van der Waals surface area contributed by atoms with Crippen molar-refractivity contribution in [1.29, 1.82) is 0 Å². The van der Waals surface area contributed by atoms with E-state index in [1.54, 1.807) is 23.2 Å². The molecule has 0 bridgehead atoms. The van der Waals surface area contributed by atoms with E-state index in [9.17, 15) is 4.79 Å². The molecule has 0 saturated heterocycles. The minimum atomic E-state index is -0.488. The third-order valence-corrected chi connectivity index (χ3v) is 4.41. The Hall–Kier alpha value is -1.81. The molecule has 1 amide bonds. The first-order valence-corrected chi connectivity index (χ1v) is 7.86. The zero-order chi connectivity index (χ0) is 15.4. The number of amides is 1. The average molecular weight is 303 g/mol. The number of ether oxygens (including phenoxy) is 1. The van der Waals surface area contributed by atoms with Crippen LogP contribution in [0.1, 0.15) is 22.9 Å². The zero-order valence-corrected chi connectivity index (χ0v) is 13.7. The highest BCUT2D eigenvalue weighted by Crippen LogP contribution is 2.18. The minimum absolute atomic E-state index is 0.0108.